The first-order valence-corrected chi connectivity index (χ1v) is 7.30. The molecule has 2 N–H and O–H groups in total. The first-order chi connectivity index (χ1) is 8.29. The predicted molar refractivity (Wildman–Crippen MR) is 69.8 cm³/mol. The summed E-state index contributed by atoms with van der Waals surface area (Å²) < 4.78 is 0. The number of hydrogen-bond donors (Lipinski definition) is 2. The minimum absolute atomic E-state index is 0.298. The molecule has 1 saturated heterocycles. The molecule has 3 heteroatoms. The lowest BCUT2D eigenvalue weighted by Gasteiger charge is -2.34. The van der Waals surface area contributed by atoms with Gasteiger partial charge in [0.15, 0.2) is 0 Å². The van der Waals surface area contributed by atoms with Crippen molar-refractivity contribution < 1.29 is 4.79 Å². The third kappa shape index (κ3) is 3.70. The summed E-state index contributed by atoms with van der Waals surface area (Å²) in [4.78, 5) is 11.9. The van der Waals surface area contributed by atoms with Crippen LogP contribution in [0.15, 0.2) is 0 Å². The summed E-state index contributed by atoms with van der Waals surface area (Å²) in [6.45, 7) is 4.18. The second-order valence-corrected chi connectivity index (χ2v) is 5.72. The zero-order chi connectivity index (χ0) is 12.1. The highest BCUT2D eigenvalue weighted by Gasteiger charge is 2.33. The van der Waals surface area contributed by atoms with Crippen molar-refractivity contribution in [3.05, 3.63) is 0 Å². The minimum Gasteiger partial charge on any atom is -0.354 e. The van der Waals surface area contributed by atoms with Crippen molar-refractivity contribution in [1.29, 1.82) is 0 Å². The zero-order valence-electron chi connectivity index (χ0n) is 11.0. The van der Waals surface area contributed by atoms with Crippen LogP contribution in [0.1, 0.15) is 51.9 Å². The van der Waals surface area contributed by atoms with Gasteiger partial charge in [0, 0.05) is 18.5 Å². The molecule has 0 aromatic carbocycles. The number of rotatable bonds is 6. The Bertz CT molecular complexity index is 243. The van der Waals surface area contributed by atoms with Gasteiger partial charge in [0.1, 0.15) is 0 Å². The highest BCUT2D eigenvalue weighted by Crippen LogP contribution is 2.37. The van der Waals surface area contributed by atoms with Gasteiger partial charge in [-0.05, 0) is 38.1 Å². The van der Waals surface area contributed by atoms with Crippen molar-refractivity contribution in [2.75, 3.05) is 13.1 Å². The zero-order valence-corrected chi connectivity index (χ0v) is 11.0. The van der Waals surface area contributed by atoms with Crippen LogP contribution >= 0.6 is 0 Å². The maximum atomic E-state index is 11.9. The molecule has 1 heterocycles. The van der Waals surface area contributed by atoms with Crippen LogP contribution in [0.4, 0.5) is 0 Å². The predicted octanol–water partition coefficient (Wildman–Crippen LogP) is 2.07. The highest BCUT2D eigenvalue weighted by molar-refractivity contribution is 5.79. The van der Waals surface area contributed by atoms with Crippen LogP contribution in [0, 0.1) is 11.8 Å². The molecule has 1 unspecified atom stereocenters. The van der Waals surface area contributed by atoms with Crippen LogP contribution in [-0.2, 0) is 4.79 Å². The van der Waals surface area contributed by atoms with E-state index in [2.05, 4.69) is 17.6 Å². The number of carbonyl (C=O) groups is 1. The van der Waals surface area contributed by atoms with Gasteiger partial charge < -0.3 is 10.6 Å². The van der Waals surface area contributed by atoms with E-state index in [1.165, 1.54) is 32.1 Å². The van der Waals surface area contributed by atoms with Crippen molar-refractivity contribution >= 4 is 5.91 Å². The Morgan fingerprint density at radius 3 is 2.88 bits per heavy atom. The first-order valence-electron chi connectivity index (χ1n) is 7.30. The van der Waals surface area contributed by atoms with Gasteiger partial charge in [-0.25, -0.2) is 0 Å². The van der Waals surface area contributed by atoms with E-state index in [-0.39, 0.29) is 0 Å². The Morgan fingerprint density at radius 1 is 1.41 bits per heavy atom. The van der Waals surface area contributed by atoms with Gasteiger partial charge in [-0.1, -0.05) is 26.2 Å². The fourth-order valence-corrected chi connectivity index (χ4v) is 2.98. The summed E-state index contributed by atoms with van der Waals surface area (Å²) in [7, 11) is 0. The quantitative estimate of drug-likeness (QED) is 0.744. The van der Waals surface area contributed by atoms with Crippen LogP contribution in [-0.4, -0.2) is 25.0 Å². The molecule has 1 amide bonds. The standard InChI is InChI=1S/C14H26N2O/c1-2-3-5-11-8-12(9-11)14(17)16-10-13-6-4-7-15-13/h11-13,15H,2-10H2,1H3,(H,16,17). The molecule has 0 aromatic rings. The second kappa shape index (κ2) is 6.39. The van der Waals surface area contributed by atoms with E-state index < -0.39 is 0 Å². The third-order valence-corrected chi connectivity index (χ3v) is 4.26. The lowest BCUT2D eigenvalue weighted by molar-refractivity contribution is -0.129. The van der Waals surface area contributed by atoms with Gasteiger partial charge in [0.2, 0.25) is 5.91 Å². The number of nitrogens with one attached hydrogen (secondary N) is 2. The molecule has 2 fully saturated rings. The summed E-state index contributed by atoms with van der Waals surface area (Å²) in [6.07, 6.45) is 8.65. The second-order valence-electron chi connectivity index (χ2n) is 5.72. The van der Waals surface area contributed by atoms with Crippen molar-refractivity contribution in [1.82, 2.24) is 10.6 Å². The monoisotopic (exact) mass is 238 g/mol. The summed E-state index contributed by atoms with van der Waals surface area (Å²) in [5, 5.41) is 6.51. The molecular weight excluding hydrogens is 212 g/mol. The van der Waals surface area contributed by atoms with Crippen LogP contribution in [0.3, 0.4) is 0 Å². The van der Waals surface area contributed by atoms with E-state index in [0.717, 1.165) is 31.8 Å². The van der Waals surface area contributed by atoms with Gasteiger partial charge in [-0.3, -0.25) is 4.79 Å². The van der Waals surface area contributed by atoms with Crippen LogP contribution in [0.5, 0.6) is 0 Å². The Morgan fingerprint density at radius 2 is 2.24 bits per heavy atom. The largest absolute Gasteiger partial charge is 0.354 e. The third-order valence-electron chi connectivity index (χ3n) is 4.26. The Hall–Kier alpha value is -0.570. The number of amides is 1. The Labute approximate surface area is 105 Å². The lowest BCUT2D eigenvalue weighted by Crippen LogP contribution is -2.43. The smallest absolute Gasteiger partial charge is 0.223 e. The van der Waals surface area contributed by atoms with Gasteiger partial charge in [-0.15, -0.1) is 0 Å². The first kappa shape index (κ1) is 12.9. The summed E-state index contributed by atoms with van der Waals surface area (Å²) in [5.41, 5.74) is 0. The van der Waals surface area contributed by atoms with Crippen molar-refractivity contribution in [3.63, 3.8) is 0 Å². The van der Waals surface area contributed by atoms with Gasteiger partial charge >= 0.3 is 0 Å². The molecule has 3 nitrogen and oxygen atoms in total. The molecule has 0 spiro atoms. The normalized spacial score (nSPS) is 32.2. The maximum Gasteiger partial charge on any atom is 0.223 e. The SMILES string of the molecule is CCCCC1CC(C(=O)NCC2CCCN2)C1. The van der Waals surface area contributed by atoms with Crippen LogP contribution in [0.2, 0.25) is 0 Å². The van der Waals surface area contributed by atoms with E-state index in [9.17, 15) is 4.79 Å². The number of hydrogen-bond acceptors (Lipinski definition) is 2. The van der Waals surface area contributed by atoms with Crippen molar-refractivity contribution in [2.45, 2.75) is 57.9 Å². The molecule has 0 bridgehead atoms. The topological polar surface area (TPSA) is 41.1 Å². The fraction of sp³-hybridized carbons (Fsp3) is 0.929. The molecule has 17 heavy (non-hydrogen) atoms. The summed E-state index contributed by atoms with van der Waals surface area (Å²) in [6, 6.07) is 0.523. The maximum absolute atomic E-state index is 11.9. The van der Waals surface area contributed by atoms with E-state index in [1.54, 1.807) is 0 Å². The van der Waals surface area contributed by atoms with Crippen molar-refractivity contribution in [3.8, 4) is 0 Å². The number of carbonyl (C=O) groups excluding carboxylic acids is 1. The molecule has 1 saturated carbocycles. The molecule has 2 rings (SSSR count). The molecule has 2 aliphatic rings. The lowest BCUT2D eigenvalue weighted by atomic mass is 9.72. The molecule has 98 valence electrons. The minimum atomic E-state index is 0.298. The Kier molecular flexibility index (Phi) is 4.84. The molecular formula is C14H26N2O. The van der Waals surface area contributed by atoms with Crippen LogP contribution < -0.4 is 10.6 Å². The van der Waals surface area contributed by atoms with Crippen molar-refractivity contribution in [2.24, 2.45) is 11.8 Å². The molecule has 0 aromatic heterocycles. The highest BCUT2D eigenvalue weighted by atomic mass is 16.1. The van der Waals surface area contributed by atoms with E-state index in [0.29, 0.717) is 17.9 Å². The average Bonchev–Trinajstić information content (AvgIpc) is 2.77. The molecule has 1 aliphatic carbocycles. The summed E-state index contributed by atoms with van der Waals surface area (Å²) in [5.74, 6) is 1.44. The van der Waals surface area contributed by atoms with E-state index in [4.69, 9.17) is 0 Å². The van der Waals surface area contributed by atoms with Gasteiger partial charge in [-0.2, -0.15) is 0 Å². The van der Waals surface area contributed by atoms with E-state index >= 15 is 0 Å². The molecule has 1 atom stereocenters. The molecule has 0 radical (unpaired) electrons. The number of unbranched alkanes of at least 4 members (excludes halogenated alkanes) is 1. The van der Waals surface area contributed by atoms with Gasteiger partial charge in [0.05, 0.1) is 0 Å². The summed E-state index contributed by atoms with van der Waals surface area (Å²) >= 11 is 0. The molecule has 1 aliphatic heterocycles. The Balaban J connectivity index is 1.55. The van der Waals surface area contributed by atoms with Crippen LogP contribution in [0.25, 0.3) is 0 Å². The average molecular weight is 238 g/mol. The fourth-order valence-electron chi connectivity index (χ4n) is 2.98. The van der Waals surface area contributed by atoms with E-state index in [1.807, 2.05) is 0 Å². The van der Waals surface area contributed by atoms with Gasteiger partial charge in [0.25, 0.3) is 0 Å².